The Morgan fingerprint density at radius 3 is 2.86 bits per heavy atom. The van der Waals surface area contributed by atoms with Gasteiger partial charge in [-0.3, -0.25) is 0 Å². The average molecular weight is 308 g/mol. The molecule has 1 saturated heterocycles. The molecule has 0 amide bonds. The molecule has 1 aromatic rings. The molecule has 0 spiro atoms. The number of rotatable bonds is 2. The second-order valence-electron chi connectivity index (χ2n) is 6.37. The van der Waals surface area contributed by atoms with Crippen molar-refractivity contribution in [1.82, 2.24) is 5.32 Å². The Kier molecular flexibility index (Phi) is 6.80. The van der Waals surface area contributed by atoms with Crippen molar-refractivity contribution in [3.63, 3.8) is 0 Å². The molecule has 2 unspecified atom stereocenters. The molecule has 3 rings (SSSR count). The predicted octanol–water partition coefficient (Wildman–Crippen LogP) is 2.51. The quantitative estimate of drug-likeness (QED) is 0.787. The fourth-order valence-electron chi connectivity index (χ4n) is 3.54. The van der Waals surface area contributed by atoms with Gasteiger partial charge in [-0.2, -0.15) is 0 Å². The first kappa shape index (κ1) is 17.4. The van der Waals surface area contributed by atoms with Gasteiger partial charge in [-0.05, 0) is 61.5 Å². The first-order valence-electron chi connectivity index (χ1n) is 8.49. The zero-order valence-corrected chi connectivity index (χ0v) is 13.5. The van der Waals surface area contributed by atoms with Gasteiger partial charge in [0.05, 0.1) is 6.10 Å². The van der Waals surface area contributed by atoms with Crippen LogP contribution in [0.25, 0.3) is 0 Å². The summed E-state index contributed by atoms with van der Waals surface area (Å²) in [4.78, 5) is 0. The molecule has 22 heavy (non-hydrogen) atoms. The first-order chi connectivity index (χ1) is 10.7. The van der Waals surface area contributed by atoms with Crippen molar-refractivity contribution in [3.05, 3.63) is 34.9 Å². The molecular weight excluding hydrogens is 279 g/mol. The lowest BCUT2D eigenvalue weighted by atomic mass is 9.81. The normalized spacial score (nSPS) is 27.5. The molecule has 3 nitrogen and oxygen atoms in total. The molecule has 0 saturated carbocycles. The Bertz CT molecular complexity index is 460. The van der Waals surface area contributed by atoms with E-state index >= 15 is 0 Å². The third-order valence-electron chi connectivity index (χ3n) is 4.45. The topological polar surface area (TPSA) is 58.3 Å². The Balaban J connectivity index is 0.000000545. The predicted molar refractivity (Wildman–Crippen MR) is 88.6 cm³/mol. The van der Waals surface area contributed by atoms with Gasteiger partial charge in [0, 0.05) is 12.8 Å². The van der Waals surface area contributed by atoms with Gasteiger partial charge in [0.2, 0.25) is 0 Å². The Morgan fingerprint density at radius 2 is 2.18 bits per heavy atom. The largest absolute Gasteiger partial charge is 0.388 e. The van der Waals surface area contributed by atoms with Crippen LogP contribution in [0.2, 0.25) is 0 Å². The van der Waals surface area contributed by atoms with Crippen LogP contribution in [0.1, 0.15) is 49.0 Å². The molecule has 124 valence electrons. The molecule has 0 aromatic heterocycles. The number of aliphatic hydroxyl groups is 1. The maximum atomic E-state index is 13.5. The average Bonchev–Trinajstić information content (AvgIpc) is 2.48. The lowest BCUT2D eigenvalue weighted by molar-refractivity contribution is 0.113. The molecule has 2 aliphatic rings. The van der Waals surface area contributed by atoms with E-state index in [-0.39, 0.29) is 6.42 Å². The molecule has 4 heteroatoms. The minimum atomic E-state index is -0.894. The van der Waals surface area contributed by atoms with Crippen LogP contribution in [0, 0.1) is 5.92 Å². The summed E-state index contributed by atoms with van der Waals surface area (Å²) in [5, 5.41) is 13.6. The molecule has 1 aliphatic carbocycles. The first-order valence-corrected chi connectivity index (χ1v) is 8.49. The van der Waals surface area contributed by atoms with Crippen LogP contribution < -0.4 is 11.1 Å². The molecular formula is C18H29FN2O. The number of piperidine rings is 1. The Morgan fingerprint density at radius 1 is 1.41 bits per heavy atom. The van der Waals surface area contributed by atoms with E-state index in [1.54, 1.807) is 0 Å². The van der Waals surface area contributed by atoms with Crippen molar-refractivity contribution in [1.29, 1.82) is 0 Å². The summed E-state index contributed by atoms with van der Waals surface area (Å²) in [6, 6.07) is 6.08. The van der Waals surface area contributed by atoms with Crippen LogP contribution in [0.15, 0.2) is 18.2 Å². The van der Waals surface area contributed by atoms with E-state index in [0.717, 1.165) is 37.2 Å². The highest BCUT2D eigenvalue weighted by atomic mass is 19.1. The number of aliphatic hydroxyl groups excluding tert-OH is 1. The summed E-state index contributed by atoms with van der Waals surface area (Å²) in [5.74, 6) is 0.649. The number of benzene rings is 1. The summed E-state index contributed by atoms with van der Waals surface area (Å²) in [7, 11) is 0. The standard InChI is InChI=1S/C16H22FNO.C2H7N/c17-14-8-13-5-1-4-12(16(13)15(19)9-14)7-11-3-2-6-18-10-11;1-2-3/h1,4-5,11,14-15,18-19H,2-3,6-10H2;2-3H2,1H3/t11-,14?,15?;/m1./s1. The van der Waals surface area contributed by atoms with Gasteiger partial charge in [-0.1, -0.05) is 25.1 Å². The number of halogens is 1. The summed E-state index contributed by atoms with van der Waals surface area (Å²) in [5.41, 5.74) is 8.10. The van der Waals surface area contributed by atoms with E-state index in [4.69, 9.17) is 5.73 Å². The molecule has 3 atom stereocenters. The van der Waals surface area contributed by atoms with E-state index in [1.807, 2.05) is 19.1 Å². The zero-order chi connectivity index (χ0) is 15.9. The number of hydrogen-bond donors (Lipinski definition) is 3. The van der Waals surface area contributed by atoms with E-state index in [9.17, 15) is 9.50 Å². The second kappa shape index (κ2) is 8.61. The number of nitrogens with one attached hydrogen (secondary N) is 1. The van der Waals surface area contributed by atoms with Gasteiger partial charge in [0.25, 0.3) is 0 Å². The minimum Gasteiger partial charge on any atom is -0.388 e. The highest BCUT2D eigenvalue weighted by molar-refractivity contribution is 5.39. The number of fused-ring (bicyclic) bond motifs is 1. The fourth-order valence-corrected chi connectivity index (χ4v) is 3.54. The van der Waals surface area contributed by atoms with E-state index in [0.29, 0.717) is 12.3 Å². The molecule has 0 radical (unpaired) electrons. The van der Waals surface area contributed by atoms with E-state index in [2.05, 4.69) is 11.4 Å². The van der Waals surface area contributed by atoms with Crippen molar-refractivity contribution in [2.24, 2.45) is 11.7 Å². The van der Waals surface area contributed by atoms with Crippen LogP contribution in [-0.2, 0) is 12.8 Å². The summed E-state index contributed by atoms with van der Waals surface area (Å²) < 4.78 is 13.5. The third-order valence-corrected chi connectivity index (χ3v) is 4.45. The molecule has 1 heterocycles. The second-order valence-corrected chi connectivity index (χ2v) is 6.37. The third kappa shape index (κ3) is 4.51. The van der Waals surface area contributed by atoms with Crippen LogP contribution in [0.3, 0.4) is 0 Å². The van der Waals surface area contributed by atoms with Gasteiger partial charge in [0.1, 0.15) is 6.17 Å². The smallest absolute Gasteiger partial charge is 0.107 e. The monoisotopic (exact) mass is 308 g/mol. The minimum absolute atomic E-state index is 0.257. The maximum Gasteiger partial charge on any atom is 0.107 e. The molecule has 1 aliphatic heterocycles. The van der Waals surface area contributed by atoms with E-state index in [1.165, 1.54) is 18.4 Å². The number of alkyl halides is 1. The van der Waals surface area contributed by atoms with Gasteiger partial charge in [-0.15, -0.1) is 0 Å². The van der Waals surface area contributed by atoms with E-state index < -0.39 is 12.3 Å². The highest BCUT2D eigenvalue weighted by Crippen LogP contribution is 2.35. The summed E-state index contributed by atoms with van der Waals surface area (Å²) in [6.07, 6.45) is 2.69. The van der Waals surface area contributed by atoms with Crippen LogP contribution in [0.5, 0.6) is 0 Å². The molecule has 1 fully saturated rings. The van der Waals surface area contributed by atoms with Gasteiger partial charge in [-0.25, -0.2) is 4.39 Å². The maximum absolute atomic E-state index is 13.5. The number of nitrogens with two attached hydrogens (primary N) is 1. The van der Waals surface area contributed by atoms with Gasteiger partial charge in [0.15, 0.2) is 0 Å². The Labute approximate surface area is 133 Å². The van der Waals surface area contributed by atoms with Crippen molar-refractivity contribution in [2.45, 2.75) is 51.3 Å². The van der Waals surface area contributed by atoms with Crippen molar-refractivity contribution in [3.8, 4) is 0 Å². The summed E-state index contributed by atoms with van der Waals surface area (Å²) in [6.45, 7) is 4.83. The highest BCUT2D eigenvalue weighted by Gasteiger charge is 2.28. The van der Waals surface area contributed by atoms with Crippen molar-refractivity contribution in [2.75, 3.05) is 19.6 Å². The molecule has 4 N–H and O–H groups in total. The zero-order valence-electron chi connectivity index (χ0n) is 13.5. The number of hydrogen-bond acceptors (Lipinski definition) is 3. The summed E-state index contributed by atoms with van der Waals surface area (Å²) >= 11 is 0. The molecule has 0 bridgehead atoms. The van der Waals surface area contributed by atoms with Gasteiger partial charge < -0.3 is 16.2 Å². The SMILES string of the molecule is CCN.OC1CC(F)Cc2cccc(C[C@H]3CCCNC3)c21. The van der Waals surface area contributed by atoms with Gasteiger partial charge >= 0.3 is 0 Å². The molecule has 1 aromatic carbocycles. The van der Waals surface area contributed by atoms with Crippen molar-refractivity contribution >= 4 is 0 Å². The Hall–Kier alpha value is -0.970. The van der Waals surface area contributed by atoms with Crippen LogP contribution in [0.4, 0.5) is 4.39 Å². The van der Waals surface area contributed by atoms with Crippen LogP contribution in [-0.4, -0.2) is 30.9 Å². The lowest BCUT2D eigenvalue weighted by Gasteiger charge is -2.29. The lowest BCUT2D eigenvalue weighted by Crippen LogP contribution is -2.31. The fraction of sp³-hybridized carbons (Fsp3) is 0.667. The van der Waals surface area contributed by atoms with Crippen LogP contribution >= 0.6 is 0 Å². The van der Waals surface area contributed by atoms with Crippen molar-refractivity contribution < 1.29 is 9.50 Å².